The molecule has 0 amide bonds. The van der Waals surface area contributed by atoms with Gasteiger partial charge in [-0.15, -0.1) is 0 Å². The van der Waals surface area contributed by atoms with E-state index in [0.29, 0.717) is 0 Å². The Labute approximate surface area is 47.9 Å². The van der Waals surface area contributed by atoms with Gasteiger partial charge in [0, 0.05) is 0 Å². The second kappa shape index (κ2) is 4.55. The van der Waals surface area contributed by atoms with Crippen LogP contribution in [0.1, 0.15) is 13.8 Å². The van der Waals surface area contributed by atoms with Gasteiger partial charge in [-0.1, -0.05) is 22.6 Å². The minimum absolute atomic E-state index is 1.02. The maximum Gasteiger partial charge on any atom is -0.00129 e. The second-order valence-corrected chi connectivity index (χ2v) is 3.31. The molecule has 0 saturated carbocycles. The Bertz CT molecular complexity index is 39.1. The van der Waals surface area contributed by atoms with Crippen LogP contribution in [-0.4, -0.2) is 24.4 Å². The van der Waals surface area contributed by atoms with Crippen LogP contribution in [0, 0.1) is 0 Å². The highest BCUT2D eigenvalue weighted by Gasteiger charge is 1.86. The van der Waals surface area contributed by atoms with Gasteiger partial charge >= 0.3 is 0 Å². The van der Waals surface area contributed by atoms with Crippen molar-refractivity contribution in [1.29, 1.82) is 0 Å². The summed E-state index contributed by atoms with van der Waals surface area (Å²) in [7, 11) is 3.18. The third kappa shape index (κ3) is 4.24. The molecule has 0 spiro atoms. The van der Waals surface area contributed by atoms with Gasteiger partial charge in [0.15, 0.2) is 0 Å². The van der Waals surface area contributed by atoms with Crippen LogP contribution in [0.3, 0.4) is 0 Å². The molecule has 0 heterocycles. The van der Waals surface area contributed by atoms with Crippen LogP contribution in [0.15, 0.2) is 0 Å². The predicted molar refractivity (Wildman–Crippen MR) is 37.2 cm³/mol. The zero-order valence-corrected chi connectivity index (χ0v) is 6.36. The highest BCUT2D eigenvalue weighted by Crippen LogP contribution is 2.11. The van der Waals surface area contributed by atoms with Crippen LogP contribution >= 0.6 is 8.73 Å². The van der Waals surface area contributed by atoms with Crippen LogP contribution in [0.4, 0.5) is 0 Å². The number of nitrogens with zero attached hydrogens (tertiary/aromatic N) is 1. The Kier molecular flexibility index (Phi) is 4.80. The molecule has 44 valence electrons. The Morgan fingerprint density at radius 3 is 2.14 bits per heavy atom. The molecular weight excluding hydrogens is 105 g/mol. The average molecular weight is 119 g/mol. The lowest BCUT2D eigenvalue weighted by molar-refractivity contribution is 0.592. The minimum Gasteiger partial charge on any atom is -0.288 e. The van der Waals surface area contributed by atoms with Crippen molar-refractivity contribution in [3.8, 4) is 0 Å². The van der Waals surface area contributed by atoms with Gasteiger partial charge in [0.1, 0.15) is 0 Å². The van der Waals surface area contributed by atoms with Crippen molar-refractivity contribution in [2.45, 2.75) is 13.8 Å². The molecule has 0 aliphatic carbocycles. The van der Waals surface area contributed by atoms with Crippen molar-refractivity contribution < 1.29 is 0 Å². The van der Waals surface area contributed by atoms with Gasteiger partial charge in [-0.3, -0.25) is 4.67 Å². The summed E-state index contributed by atoms with van der Waals surface area (Å²) in [5, 5.41) is 0. The fourth-order valence-corrected chi connectivity index (χ4v) is 1.15. The summed E-state index contributed by atoms with van der Waals surface area (Å²) in [5.41, 5.74) is 0. The zero-order chi connectivity index (χ0) is 5.70. The minimum atomic E-state index is 1.02. The van der Waals surface area contributed by atoms with Gasteiger partial charge in [-0.2, -0.15) is 0 Å². The van der Waals surface area contributed by atoms with Crippen LogP contribution in [0.5, 0.6) is 0 Å². The van der Waals surface area contributed by atoms with Crippen LogP contribution < -0.4 is 0 Å². The number of rotatable bonds is 3. The first-order valence-electron chi connectivity index (χ1n) is 2.75. The van der Waals surface area contributed by atoms with E-state index >= 15 is 0 Å². The Morgan fingerprint density at radius 1 is 1.43 bits per heavy atom. The van der Waals surface area contributed by atoms with Crippen molar-refractivity contribution >= 4 is 8.73 Å². The Hall–Kier alpha value is 0.390. The first-order chi connectivity index (χ1) is 3.31. The zero-order valence-electron chi connectivity index (χ0n) is 5.36. The molecule has 0 fully saturated rings. The molecule has 0 aromatic rings. The summed E-state index contributed by atoms with van der Waals surface area (Å²) < 4.78 is 2.33. The molecule has 0 aliphatic rings. The SMILES string of the molecule is CCPN(C)CC. The number of hydrogen-bond donors (Lipinski definition) is 0. The monoisotopic (exact) mass is 119 g/mol. The molecule has 0 N–H and O–H groups in total. The molecule has 2 heteroatoms. The van der Waals surface area contributed by atoms with E-state index in [1.165, 1.54) is 12.7 Å². The van der Waals surface area contributed by atoms with E-state index < -0.39 is 0 Å². The molecule has 0 aliphatic heterocycles. The van der Waals surface area contributed by atoms with Crippen LogP contribution in [-0.2, 0) is 0 Å². The molecular formula is C5H14NP. The summed E-state index contributed by atoms with van der Waals surface area (Å²) in [4.78, 5) is 0. The standard InChI is InChI=1S/C5H14NP/c1-4-6(3)7-5-2/h7H,4-5H2,1-3H3. The van der Waals surface area contributed by atoms with Crippen LogP contribution in [0.25, 0.3) is 0 Å². The van der Waals surface area contributed by atoms with E-state index in [4.69, 9.17) is 0 Å². The summed E-state index contributed by atoms with van der Waals surface area (Å²) in [6, 6.07) is 0. The van der Waals surface area contributed by atoms with Gasteiger partial charge in [-0.05, 0) is 19.8 Å². The molecule has 0 radical (unpaired) electrons. The molecule has 0 aromatic carbocycles. The highest BCUT2D eigenvalue weighted by atomic mass is 31.1. The van der Waals surface area contributed by atoms with E-state index in [1.807, 2.05) is 0 Å². The van der Waals surface area contributed by atoms with E-state index in [0.717, 1.165) is 8.73 Å². The largest absolute Gasteiger partial charge is 0.288 e. The maximum absolute atomic E-state index is 2.33. The Balaban J connectivity index is 2.83. The summed E-state index contributed by atoms with van der Waals surface area (Å²) in [6.07, 6.45) is 1.30. The van der Waals surface area contributed by atoms with E-state index in [2.05, 4.69) is 25.6 Å². The number of hydrogen-bond acceptors (Lipinski definition) is 1. The maximum atomic E-state index is 2.33. The first-order valence-corrected chi connectivity index (χ1v) is 3.91. The molecule has 1 atom stereocenters. The lowest BCUT2D eigenvalue weighted by Gasteiger charge is -2.10. The molecule has 1 nitrogen and oxygen atoms in total. The lowest BCUT2D eigenvalue weighted by Crippen LogP contribution is -2.04. The van der Waals surface area contributed by atoms with Gasteiger partial charge < -0.3 is 0 Å². The molecule has 1 unspecified atom stereocenters. The topological polar surface area (TPSA) is 3.24 Å². The van der Waals surface area contributed by atoms with E-state index in [1.54, 1.807) is 0 Å². The van der Waals surface area contributed by atoms with Gasteiger partial charge in [0.2, 0.25) is 0 Å². The third-order valence-electron chi connectivity index (χ3n) is 0.902. The van der Waals surface area contributed by atoms with Crippen molar-refractivity contribution in [2.24, 2.45) is 0 Å². The normalized spacial score (nSPS) is 12.0. The smallest absolute Gasteiger partial charge is 0.00129 e. The first kappa shape index (κ1) is 7.39. The molecule has 7 heavy (non-hydrogen) atoms. The van der Waals surface area contributed by atoms with Gasteiger partial charge in [0.25, 0.3) is 0 Å². The molecule has 0 saturated heterocycles. The van der Waals surface area contributed by atoms with Crippen molar-refractivity contribution in [3.63, 3.8) is 0 Å². The summed E-state index contributed by atoms with van der Waals surface area (Å²) in [5.74, 6) is 0. The third-order valence-corrected chi connectivity index (χ3v) is 2.07. The lowest BCUT2D eigenvalue weighted by atomic mass is 10.8. The van der Waals surface area contributed by atoms with E-state index in [9.17, 15) is 0 Å². The molecule has 0 aromatic heterocycles. The van der Waals surface area contributed by atoms with Crippen LogP contribution in [0.2, 0.25) is 0 Å². The van der Waals surface area contributed by atoms with E-state index in [-0.39, 0.29) is 0 Å². The highest BCUT2D eigenvalue weighted by molar-refractivity contribution is 7.35. The predicted octanol–water partition coefficient (Wildman–Crippen LogP) is 1.55. The average Bonchev–Trinajstić information content (AvgIpc) is 1.68. The van der Waals surface area contributed by atoms with Crippen molar-refractivity contribution in [2.75, 3.05) is 19.8 Å². The fourth-order valence-electron chi connectivity index (χ4n) is 0.382. The second-order valence-electron chi connectivity index (χ2n) is 1.53. The summed E-state index contributed by atoms with van der Waals surface area (Å²) >= 11 is 0. The molecule has 0 rings (SSSR count). The van der Waals surface area contributed by atoms with Crippen molar-refractivity contribution in [3.05, 3.63) is 0 Å². The quantitative estimate of drug-likeness (QED) is 0.509. The van der Waals surface area contributed by atoms with Gasteiger partial charge in [0.05, 0.1) is 0 Å². The van der Waals surface area contributed by atoms with Crippen molar-refractivity contribution in [1.82, 2.24) is 4.67 Å². The Morgan fingerprint density at radius 2 is 2.00 bits per heavy atom. The molecule has 0 bridgehead atoms. The summed E-state index contributed by atoms with van der Waals surface area (Å²) in [6.45, 7) is 5.58. The fraction of sp³-hybridized carbons (Fsp3) is 1.00. The van der Waals surface area contributed by atoms with Gasteiger partial charge in [-0.25, -0.2) is 0 Å².